The highest BCUT2D eigenvalue weighted by molar-refractivity contribution is 5.88. The third-order valence-electron chi connectivity index (χ3n) is 2.81. The van der Waals surface area contributed by atoms with Gasteiger partial charge >= 0.3 is 12.1 Å². The van der Waals surface area contributed by atoms with Crippen molar-refractivity contribution in [3.05, 3.63) is 59.2 Å². The summed E-state index contributed by atoms with van der Waals surface area (Å²) < 4.78 is 65.1. The predicted octanol–water partition coefficient (Wildman–Crippen LogP) is 4.35. The van der Waals surface area contributed by atoms with Gasteiger partial charge in [-0.05, 0) is 23.8 Å². The summed E-state index contributed by atoms with van der Waals surface area (Å²) >= 11 is 0. The van der Waals surface area contributed by atoms with Crippen LogP contribution in [0.5, 0.6) is 0 Å². The number of alkyl halides is 3. The molecule has 2 nitrogen and oxygen atoms in total. The van der Waals surface area contributed by atoms with Crippen molar-refractivity contribution in [2.24, 2.45) is 0 Å². The predicted molar refractivity (Wildman–Crippen MR) is 63.8 cm³/mol. The molecule has 0 spiro atoms. The van der Waals surface area contributed by atoms with Crippen molar-refractivity contribution in [2.75, 3.05) is 0 Å². The van der Waals surface area contributed by atoms with Crippen LogP contribution in [0.4, 0.5) is 22.0 Å². The largest absolute Gasteiger partial charge is 0.478 e. The maximum absolute atomic E-state index is 13.8. The Bertz CT molecular complexity index is 707. The SMILES string of the molecule is O=C(O)c1ccc(-c2cccc(C(F)(F)F)c2)c(F)c1F. The normalized spacial score (nSPS) is 11.5. The molecular formula is C14H7F5O2. The summed E-state index contributed by atoms with van der Waals surface area (Å²) in [6.45, 7) is 0. The van der Waals surface area contributed by atoms with Gasteiger partial charge in [-0.2, -0.15) is 13.2 Å². The highest BCUT2D eigenvalue weighted by atomic mass is 19.4. The molecule has 0 aliphatic heterocycles. The van der Waals surface area contributed by atoms with Crippen LogP contribution in [-0.4, -0.2) is 11.1 Å². The van der Waals surface area contributed by atoms with E-state index in [9.17, 15) is 26.7 Å². The Morgan fingerprint density at radius 3 is 2.24 bits per heavy atom. The first kappa shape index (κ1) is 15.0. The number of rotatable bonds is 2. The van der Waals surface area contributed by atoms with Gasteiger partial charge in [0.25, 0.3) is 0 Å². The molecule has 110 valence electrons. The molecule has 0 amide bonds. The number of aromatic carboxylic acids is 1. The van der Waals surface area contributed by atoms with Crippen molar-refractivity contribution >= 4 is 5.97 Å². The summed E-state index contributed by atoms with van der Waals surface area (Å²) in [4.78, 5) is 10.7. The zero-order chi connectivity index (χ0) is 15.8. The minimum Gasteiger partial charge on any atom is -0.478 e. The van der Waals surface area contributed by atoms with Gasteiger partial charge in [0.05, 0.1) is 11.1 Å². The lowest BCUT2D eigenvalue weighted by Crippen LogP contribution is -2.06. The molecule has 0 aliphatic carbocycles. The lowest BCUT2D eigenvalue weighted by molar-refractivity contribution is -0.137. The van der Waals surface area contributed by atoms with Crippen LogP contribution in [0, 0.1) is 11.6 Å². The monoisotopic (exact) mass is 302 g/mol. The average Bonchev–Trinajstić information content (AvgIpc) is 2.40. The Morgan fingerprint density at radius 2 is 1.67 bits per heavy atom. The number of carbonyl (C=O) groups is 1. The van der Waals surface area contributed by atoms with E-state index >= 15 is 0 Å². The smallest absolute Gasteiger partial charge is 0.416 e. The third-order valence-corrected chi connectivity index (χ3v) is 2.81. The molecule has 0 unspecified atom stereocenters. The molecule has 2 aromatic rings. The zero-order valence-electron chi connectivity index (χ0n) is 10.2. The molecule has 1 N–H and O–H groups in total. The maximum Gasteiger partial charge on any atom is 0.416 e. The molecule has 0 heterocycles. The molecule has 0 saturated carbocycles. The first-order valence-electron chi connectivity index (χ1n) is 5.60. The lowest BCUT2D eigenvalue weighted by Gasteiger charge is -2.10. The van der Waals surface area contributed by atoms with Crippen LogP contribution in [0.15, 0.2) is 36.4 Å². The summed E-state index contributed by atoms with van der Waals surface area (Å²) in [7, 11) is 0. The first-order valence-corrected chi connectivity index (χ1v) is 5.60. The topological polar surface area (TPSA) is 37.3 Å². The maximum atomic E-state index is 13.8. The fourth-order valence-electron chi connectivity index (χ4n) is 1.80. The molecule has 2 aromatic carbocycles. The van der Waals surface area contributed by atoms with Crippen LogP contribution in [-0.2, 0) is 6.18 Å². The Labute approximate surface area is 115 Å². The quantitative estimate of drug-likeness (QED) is 0.837. The number of benzene rings is 2. The van der Waals surface area contributed by atoms with Crippen molar-refractivity contribution in [3.63, 3.8) is 0 Å². The minimum atomic E-state index is -4.62. The number of hydrogen-bond acceptors (Lipinski definition) is 1. The Kier molecular flexibility index (Phi) is 3.67. The zero-order valence-corrected chi connectivity index (χ0v) is 10.2. The average molecular weight is 302 g/mol. The number of carboxylic acids is 1. The van der Waals surface area contributed by atoms with Gasteiger partial charge in [-0.1, -0.05) is 18.2 Å². The molecule has 0 saturated heterocycles. The Balaban J connectivity index is 2.58. The summed E-state index contributed by atoms with van der Waals surface area (Å²) in [6, 6.07) is 5.42. The van der Waals surface area contributed by atoms with Crippen LogP contribution in [0.2, 0.25) is 0 Å². The lowest BCUT2D eigenvalue weighted by atomic mass is 10.0. The summed E-state index contributed by atoms with van der Waals surface area (Å²) in [6.07, 6.45) is -4.62. The van der Waals surface area contributed by atoms with Crippen molar-refractivity contribution in [2.45, 2.75) is 6.18 Å². The van der Waals surface area contributed by atoms with Gasteiger partial charge in [-0.25, -0.2) is 13.6 Å². The fraction of sp³-hybridized carbons (Fsp3) is 0.0714. The van der Waals surface area contributed by atoms with Gasteiger partial charge in [0.1, 0.15) is 0 Å². The fourth-order valence-corrected chi connectivity index (χ4v) is 1.80. The first-order chi connectivity index (χ1) is 9.71. The molecule has 0 fully saturated rings. The molecule has 0 atom stereocenters. The van der Waals surface area contributed by atoms with E-state index in [4.69, 9.17) is 5.11 Å². The molecule has 0 aliphatic rings. The molecule has 21 heavy (non-hydrogen) atoms. The highest BCUT2D eigenvalue weighted by Gasteiger charge is 2.30. The van der Waals surface area contributed by atoms with Gasteiger partial charge in [-0.3, -0.25) is 0 Å². The van der Waals surface area contributed by atoms with Crippen molar-refractivity contribution < 1.29 is 31.9 Å². The van der Waals surface area contributed by atoms with Crippen molar-refractivity contribution in [1.29, 1.82) is 0 Å². The molecule has 2 rings (SSSR count). The minimum absolute atomic E-state index is 0.196. The molecule has 0 radical (unpaired) electrons. The standard InChI is InChI=1S/C14H7F5O2/c15-11-9(4-5-10(12(11)16)13(20)21)7-2-1-3-8(6-7)14(17,18)19/h1-6H,(H,20,21). The van der Waals surface area contributed by atoms with Gasteiger partial charge in [0, 0.05) is 5.56 Å². The van der Waals surface area contributed by atoms with E-state index in [2.05, 4.69) is 0 Å². The van der Waals surface area contributed by atoms with Crippen LogP contribution < -0.4 is 0 Å². The molecule has 7 heteroatoms. The third kappa shape index (κ3) is 2.86. The second-order valence-electron chi connectivity index (χ2n) is 4.17. The van der Waals surface area contributed by atoms with E-state index in [1.807, 2.05) is 0 Å². The van der Waals surface area contributed by atoms with E-state index in [0.29, 0.717) is 6.07 Å². The molecule has 0 bridgehead atoms. The van der Waals surface area contributed by atoms with Gasteiger partial charge in [-0.15, -0.1) is 0 Å². The van der Waals surface area contributed by atoms with Crippen LogP contribution in [0.25, 0.3) is 11.1 Å². The second kappa shape index (κ2) is 5.16. The summed E-state index contributed by atoms with van der Waals surface area (Å²) in [5.74, 6) is -4.78. The van der Waals surface area contributed by atoms with Crippen LogP contribution in [0.1, 0.15) is 15.9 Å². The summed E-state index contributed by atoms with van der Waals surface area (Å²) in [5.41, 5.74) is -2.54. The van der Waals surface area contributed by atoms with E-state index in [0.717, 1.165) is 24.3 Å². The van der Waals surface area contributed by atoms with E-state index < -0.39 is 40.5 Å². The number of carboxylic acid groups (broad SMARTS) is 1. The van der Waals surface area contributed by atoms with Crippen molar-refractivity contribution in [3.8, 4) is 11.1 Å². The van der Waals surface area contributed by atoms with Gasteiger partial charge < -0.3 is 5.11 Å². The Morgan fingerprint density at radius 1 is 1.00 bits per heavy atom. The van der Waals surface area contributed by atoms with Crippen LogP contribution in [0.3, 0.4) is 0 Å². The summed E-state index contributed by atoms with van der Waals surface area (Å²) in [5, 5.41) is 8.65. The van der Waals surface area contributed by atoms with Gasteiger partial charge in [0.15, 0.2) is 11.6 Å². The number of halogens is 5. The Hall–Kier alpha value is -2.44. The van der Waals surface area contributed by atoms with E-state index in [-0.39, 0.29) is 5.56 Å². The van der Waals surface area contributed by atoms with Crippen LogP contribution >= 0.6 is 0 Å². The highest BCUT2D eigenvalue weighted by Crippen LogP contribution is 2.33. The van der Waals surface area contributed by atoms with E-state index in [1.165, 1.54) is 6.07 Å². The molecular weight excluding hydrogens is 295 g/mol. The molecule has 0 aromatic heterocycles. The van der Waals surface area contributed by atoms with E-state index in [1.54, 1.807) is 0 Å². The van der Waals surface area contributed by atoms with Crippen molar-refractivity contribution in [1.82, 2.24) is 0 Å². The number of hydrogen-bond donors (Lipinski definition) is 1. The van der Waals surface area contributed by atoms with Gasteiger partial charge in [0.2, 0.25) is 0 Å². The second-order valence-corrected chi connectivity index (χ2v) is 4.17.